The van der Waals surface area contributed by atoms with E-state index < -0.39 is 0 Å². The predicted molar refractivity (Wildman–Crippen MR) is 83.4 cm³/mol. The maximum Gasteiger partial charge on any atom is 0.117 e. The summed E-state index contributed by atoms with van der Waals surface area (Å²) in [5, 5.41) is 0. The molecule has 0 spiro atoms. The smallest absolute Gasteiger partial charge is 0.117 e. The second-order valence-electron chi connectivity index (χ2n) is 6.80. The molecule has 0 aliphatic heterocycles. The standard InChI is InChI=1S/C17H30N2O/c1-14(2)15-6-4-9-17(13-18,10-8-15)19(3)12-16-7-5-11-20-16/h5,7,11,14-15H,4,6,8-10,12-13,18H2,1-3H3. The predicted octanol–water partition coefficient (Wildman–Crippen LogP) is 3.65. The van der Waals surface area contributed by atoms with Gasteiger partial charge in [-0.15, -0.1) is 0 Å². The van der Waals surface area contributed by atoms with Crippen LogP contribution in [0.3, 0.4) is 0 Å². The van der Waals surface area contributed by atoms with Crippen molar-refractivity contribution >= 4 is 0 Å². The molecule has 2 N–H and O–H groups in total. The Labute approximate surface area is 123 Å². The van der Waals surface area contributed by atoms with Gasteiger partial charge in [-0.25, -0.2) is 0 Å². The van der Waals surface area contributed by atoms with E-state index in [1.54, 1.807) is 6.26 Å². The fourth-order valence-corrected chi connectivity index (χ4v) is 3.63. The SMILES string of the molecule is CC(C)C1CCCC(CN)(N(C)Cc2ccco2)CC1. The van der Waals surface area contributed by atoms with Gasteiger partial charge in [-0.1, -0.05) is 26.7 Å². The summed E-state index contributed by atoms with van der Waals surface area (Å²) < 4.78 is 5.49. The molecule has 1 aliphatic carbocycles. The molecule has 0 bridgehead atoms. The molecule has 1 heterocycles. The Kier molecular flexibility index (Phi) is 5.28. The van der Waals surface area contributed by atoms with Gasteiger partial charge in [0.25, 0.3) is 0 Å². The molecule has 3 nitrogen and oxygen atoms in total. The number of nitrogens with zero attached hydrogens (tertiary/aromatic N) is 1. The summed E-state index contributed by atoms with van der Waals surface area (Å²) in [6.07, 6.45) is 8.13. The summed E-state index contributed by atoms with van der Waals surface area (Å²) in [6.45, 7) is 6.31. The van der Waals surface area contributed by atoms with Gasteiger partial charge in [0.1, 0.15) is 5.76 Å². The second kappa shape index (κ2) is 6.77. The normalized spacial score (nSPS) is 28.0. The van der Waals surface area contributed by atoms with Crippen LogP contribution in [0.15, 0.2) is 22.8 Å². The first-order chi connectivity index (χ1) is 9.57. The van der Waals surface area contributed by atoms with Crippen molar-refractivity contribution in [3.05, 3.63) is 24.2 Å². The van der Waals surface area contributed by atoms with Crippen molar-refractivity contribution in [2.24, 2.45) is 17.6 Å². The minimum absolute atomic E-state index is 0.149. The van der Waals surface area contributed by atoms with Crippen LogP contribution >= 0.6 is 0 Å². The maximum absolute atomic E-state index is 6.19. The van der Waals surface area contributed by atoms with Crippen molar-refractivity contribution in [2.45, 2.75) is 58.0 Å². The molecule has 1 aliphatic rings. The van der Waals surface area contributed by atoms with Crippen molar-refractivity contribution in [3.63, 3.8) is 0 Å². The lowest BCUT2D eigenvalue weighted by Crippen LogP contribution is -2.51. The molecule has 2 rings (SSSR count). The minimum atomic E-state index is 0.149. The summed E-state index contributed by atoms with van der Waals surface area (Å²) in [5.41, 5.74) is 6.34. The summed E-state index contributed by atoms with van der Waals surface area (Å²) in [5.74, 6) is 2.68. The van der Waals surface area contributed by atoms with Gasteiger partial charge in [-0.05, 0) is 50.3 Å². The van der Waals surface area contributed by atoms with Gasteiger partial charge in [-0.2, -0.15) is 0 Å². The first-order valence-corrected chi connectivity index (χ1v) is 8.01. The number of furan rings is 1. The Morgan fingerprint density at radius 1 is 1.40 bits per heavy atom. The highest BCUT2D eigenvalue weighted by Crippen LogP contribution is 2.37. The van der Waals surface area contributed by atoms with Crippen LogP contribution < -0.4 is 5.73 Å². The van der Waals surface area contributed by atoms with Gasteiger partial charge < -0.3 is 10.2 Å². The molecular weight excluding hydrogens is 248 g/mol. The first kappa shape index (κ1) is 15.6. The Hall–Kier alpha value is -0.800. The number of likely N-dealkylation sites (N-methyl/N-ethyl adjacent to an activating group) is 1. The molecule has 114 valence electrons. The van der Waals surface area contributed by atoms with Gasteiger partial charge in [0.15, 0.2) is 0 Å². The van der Waals surface area contributed by atoms with E-state index in [-0.39, 0.29) is 5.54 Å². The van der Waals surface area contributed by atoms with E-state index in [4.69, 9.17) is 10.2 Å². The molecule has 0 aromatic carbocycles. The van der Waals surface area contributed by atoms with E-state index in [0.29, 0.717) is 0 Å². The quantitative estimate of drug-likeness (QED) is 0.836. The van der Waals surface area contributed by atoms with E-state index in [1.165, 1.54) is 32.1 Å². The minimum Gasteiger partial charge on any atom is -0.468 e. The van der Waals surface area contributed by atoms with Gasteiger partial charge in [0, 0.05) is 12.1 Å². The molecule has 0 saturated heterocycles. The highest BCUT2D eigenvalue weighted by atomic mass is 16.3. The van der Waals surface area contributed by atoms with Crippen LogP contribution in [0.25, 0.3) is 0 Å². The average Bonchev–Trinajstić information content (AvgIpc) is 2.82. The average molecular weight is 278 g/mol. The molecule has 2 unspecified atom stereocenters. The van der Waals surface area contributed by atoms with Crippen LogP contribution in [-0.2, 0) is 6.54 Å². The summed E-state index contributed by atoms with van der Waals surface area (Å²) in [6, 6.07) is 4.01. The van der Waals surface area contributed by atoms with E-state index in [1.807, 2.05) is 12.1 Å². The molecular formula is C17H30N2O. The molecule has 20 heavy (non-hydrogen) atoms. The summed E-state index contributed by atoms with van der Waals surface area (Å²) in [4.78, 5) is 2.43. The third-order valence-electron chi connectivity index (χ3n) is 5.30. The summed E-state index contributed by atoms with van der Waals surface area (Å²) >= 11 is 0. The van der Waals surface area contributed by atoms with Crippen molar-refractivity contribution in [2.75, 3.05) is 13.6 Å². The lowest BCUT2D eigenvalue weighted by molar-refractivity contribution is 0.0902. The van der Waals surface area contributed by atoms with Crippen molar-refractivity contribution in [3.8, 4) is 0 Å². The highest BCUT2D eigenvalue weighted by Gasteiger charge is 2.36. The fraction of sp³-hybridized carbons (Fsp3) is 0.765. The third-order valence-corrected chi connectivity index (χ3v) is 5.30. The number of rotatable bonds is 5. The van der Waals surface area contributed by atoms with Crippen LogP contribution in [0.2, 0.25) is 0 Å². The molecule has 1 aromatic rings. The molecule has 0 amide bonds. The van der Waals surface area contributed by atoms with Crippen LogP contribution in [0.4, 0.5) is 0 Å². The summed E-state index contributed by atoms with van der Waals surface area (Å²) in [7, 11) is 2.20. The molecule has 3 heteroatoms. The zero-order valence-corrected chi connectivity index (χ0v) is 13.3. The largest absolute Gasteiger partial charge is 0.468 e. The van der Waals surface area contributed by atoms with E-state index in [9.17, 15) is 0 Å². The maximum atomic E-state index is 6.19. The number of nitrogens with two attached hydrogens (primary N) is 1. The first-order valence-electron chi connectivity index (χ1n) is 8.01. The van der Waals surface area contributed by atoms with Crippen LogP contribution in [0.1, 0.15) is 51.7 Å². The van der Waals surface area contributed by atoms with Crippen LogP contribution in [0.5, 0.6) is 0 Å². The zero-order valence-electron chi connectivity index (χ0n) is 13.3. The Bertz CT molecular complexity index is 388. The van der Waals surface area contributed by atoms with E-state index in [2.05, 4.69) is 25.8 Å². The second-order valence-corrected chi connectivity index (χ2v) is 6.80. The van der Waals surface area contributed by atoms with Crippen LogP contribution in [-0.4, -0.2) is 24.0 Å². The lowest BCUT2D eigenvalue weighted by atomic mass is 9.85. The topological polar surface area (TPSA) is 42.4 Å². The van der Waals surface area contributed by atoms with Gasteiger partial charge in [0.2, 0.25) is 0 Å². The zero-order chi connectivity index (χ0) is 14.6. The number of hydrogen-bond acceptors (Lipinski definition) is 3. The number of hydrogen-bond donors (Lipinski definition) is 1. The van der Waals surface area contributed by atoms with Crippen molar-refractivity contribution < 1.29 is 4.42 Å². The monoisotopic (exact) mass is 278 g/mol. The van der Waals surface area contributed by atoms with Gasteiger partial charge in [0.05, 0.1) is 12.8 Å². The van der Waals surface area contributed by atoms with Crippen molar-refractivity contribution in [1.82, 2.24) is 4.90 Å². The molecule has 2 atom stereocenters. The third kappa shape index (κ3) is 3.44. The Morgan fingerprint density at radius 3 is 2.80 bits per heavy atom. The molecule has 1 fully saturated rings. The Balaban J connectivity index is 2.04. The van der Waals surface area contributed by atoms with Gasteiger partial charge >= 0.3 is 0 Å². The van der Waals surface area contributed by atoms with Crippen LogP contribution in [0, 0.1) is 11.8 Å². The lowest BCUT2D eigenvalue weighted by Gasteiger charge is -2.40. The van der Waals surface area contributed by atoms with E-state index in [0.717, 1.165) is 30.7 Å². The fourth-order valence-electron chi connectivity index (χ4n) is 3.63. The van der Waals surface area contributed by atoms with Gasteiger partial charge in [-0.3, -0.25) is 4.90 Å². The molecule has 1 aromatic heterocycles. The van der Waals surface area contributed by atoms with E-state index >= 15 is 0 Å². The molecule has 0 radical (unpaired) electrons. The Morgan fingerprint density at radius 2 is 2.20 bits per heavy atom. The highest BCUT2D eigenvalue weighted by molar-refractivity contribution is 5.01. The van der Waals surface area contributed by atoms with Crippen molar-refractivity contribution in [1.29, 1.82) is 0 Å². The molecule has 1 saturated carbocycles.